The van der Waals surface area contributed by atoms with Crippen LogP contribution in [0.3, 0.4) is 0 Å². The normalized spacial score (nSPS) is 24.5. The first-order valence-corrected chi connectivity index (χ1v) is 7.99. The average molecular weight is 298 g/mol. The molecule has 2 rings (SSSR count). The van der Waals surface area contributed by atoms with Gasteiger partial charge in [-0.1, -0.05) is 13.8 Å². The number of benzene rings is 1. The third kappa shape index (κ3) is 2.99. The molecule has 1 aromatic carbocycles. The van der Waals surface area contributed by atoms with Crippen LogP contribution in [0.2, 0.25) is 0 Å². The van der Waals surface area contributed by atoms with Gasteiger partial charge in [0.2, 0.25) is 10.0 Å². The van der Waals surface area contributed by atoms with Crippen molar-refractivity contribution >= 4 is 15.7 Å². The lowest BCUT2D eigenvalue weighted by molar-refractivity contribution is -0.384. The van der Waals surface area contributed by atoms with Gasteiger partial charge in [-0.05, 0) is 30.4 Å². The zero-order valence-corrected chi connectivity index (χ0v) is 12.3. The van der Waals surface area contributed by atoms with Gasteiger partial charge in [-0.15, -0.1) is 0 Å². The summed E-state index contributed by atoms with van der Waals surface area (Å²) >= 11 is 0. The van der Waals surface area contributed by atoms with Crippen molar-refractivity contribution in [2.24, 2.45) is 11.8 Å². The molecule has 0 bridgehead atoms. The summed E-state index contributed by atoms with van der Waals surface area (Å²) in [6.45, 7) is 5.08. The van der Waals surface area contributed by atoms with Crippen molar-refractivity contribution in [3.05, 3.63) is 34.4 Å². The highest BCUT2D eigenvalue weighted by Crippen LogP contribution is 2.27. The molecular weight excluding hydrogens is 280 g/mol. The van der Waals surface area contributed by atoms with Gasteiger partial charge in [0.05, 0.1) is 9.82 Å². The summed E-state index contributed by atoms with van der Waals surface area (Å²) in [6.07, 6.45) is 1.02. The minimum absolute atomic E-state index is 0.107. The van der Waals surface area contributed by atoms with Crippen LogP contribution >= 0.6 is 0 Å². The largest absolute Gasteiger partial charge is 0.269 e. The van der Waals surface area contributed by atoms with E-state index < -0.39 is 14.9 Å². The number of nitrogens with zero attached hydrogens (tertiary/aromatic N) is 2. The maximum Gasteiger partial charge on any atom is 0.269 e. The molecule has 6 nitrogen and oxygen atoms in total. The van der Waals surface area contributed by atoms with Crippen LogP contribution in [0, 0.1) is 22.0 Å². The summed E-state index contributed by atoms with van der Waals surface area (Å²) in [4.78, 5) is 10.2. The fraction of sp³-hybridized carbons (Fsp3) is 0.538. The van der Waals surface area contributed by atoms with E-state index in [-0.39, 0.29) is 10.6 Å². The molecule has 20 heavy (non-hydrogen) atoms. The second kappa shape index (κ2) is 5.49. The predicted octanol–water partition coefficient (Wildman–Crippen LogP) is 2.26. The van der Waals surface area contributed by atoms with Crippen LogP contribution < -0.4 is 0 Å². The van der Waals surface area contributed by atoms with Crippen LogP contribution in [0.25, 0.3) is 0 Å². The van der Waals surface area contributed by atoms with Gasteiger partial charge in [0.1, 0.15) is 0 Å². The van der Waals surface area contributed by atoms with Crippen LogP contribution in [0.15, 0.2) is 29.2 Å². The third-order valence-electron chi connectivity index (χ3n) is 3.52. The standard InChI is InChI=1S/C13H18N2O4S/c1-10-7-11(2)9-14(8-10)20(18,19)13-5-3-12(4-6-13)15(16)17/h3-6,10-11H,7-9H2,1-2H3. The van der Waals surface area contributed by atoms with Crippen molar-refractivity contribution in [1.82, 2.24) is 4.31 Å². The Morgan fingerprint density at radius 2 is 1.65 bits per heavy atom. The molecule has 0 spiro atoms. The first-order chi connectivity index (χ1) is 9.30. The van der Waals surface area contributed by atoms with Crippen molar-refractivity contribution < 1.29 is 13.3 Å². The van der Waals surface area contributed by atoms with Crippen LogP contribution in [-0.2, 0) is 10.0 Å². The van der Waals surface area contributed by atoms with E-state index in [4.69, 9.17) is 0 Å². The number of nitro benzene ring substituents is 1. The van der Waals surface area contributed by atoms with E-state index >= 15 is 0 Å². The van der Waals surface area contributed by atoms with Crippen LogP contribution in [0.4, 0.5) is 5.69 Å². The summed E-state index contributed by atoms with van der Waals surface area (Å²) in [5.41, 5.74) is -0.107. The van der Waals surface area contributed by atoms with Crippen LogP contribution in [0.1, 0.15) is 20.3 Å². The molecule has 0 aliphatic carbocycles. The van der Waals surface area contributed by atoms with Gasteiger partial charge in [0, 0.05) is 25.2 Å². The Hall–Kier alpha value is -1.47. The third-order valence-corrected chi connectivity index (χ3v) is 5.37. The number of rotatable bonds is 3. The van der Waals surface area contributed by atoms with Gasteiger partial charge >= 0.3 is 0 Å². The Kier molecular flexibility index (Phi) is 4.10. The Morgan fingerprint density at radius 1 is 1.15 bits per heavy atom. The van der Waals surface area contributed by atoms with E-state index in [1.807, 2.05) is 13.8 Å². The molecule has 0 saturated carbocycles. The quantitative estimate of drug-likeness (QED) is 0.633. The van der Waals surface area contributed by atoms with Gasteiger partial charge in [0.25, 0.3) is 5.69 Å². The second-order valence-corrected chi connectivity index (χ2v) is 7.46. The van der Waals surface area contributed by atoms with Gasteiger partial charge < -0.3 is 0 Å². The molecule has 7 heteroatoms. The van der Waals surface area contributed by atoms with Crippen molar-refractivity contribution in [3.63, 3.8) is 0 Å². The van der Waals surface area contributed by atoms with E-state index in [0.717, 1.165) is 6.42 Å². The molecule has 0 amide bonds. The molecule has 1 aliphatic rings. The fourth-order valence-electron chi connectivity index (χ4n) is 2.69. The Labute approximate surface area is 118 Å². The van der Waals surface area contributed by atoms with Crippen LogP contribution in [-0.4, -0.2) is 30.7 Å². The van der Waals surface area contributed by atoms with Crippen LogP contribution in [0.5, 0.6) is 0 Å². The summed E-state index contributed by atoms with van der Waals surface area (Å²) in [7, 11) is -3.56. The zero-order valence-electron chi connectivity index (χ0n) is 11.5. The van der Waals surface area contributed by atoms with E-state index in [9.17, 15) is 18.5 Å². The monoisotopic (exact) mass is 298 g/mol. The Morgan fingerprint density at radius 3 is 2.10 bits per heavy atom. The number of nitro groups is 1. The highest BCUT2D eigenvalue weighted by Gasteiger charge is 2.31. The molecule has 110 valence electrons. The van der Waals surface area contributed by atoms with Crippen molar-refractivity contribution in [1.29, 1.82) is 0 Å². The first kappa shape index (κ1) is 14.9. The summed E-state index contributed by atoms with van der Waals surface area (Å²) in [6, 6.07) is 5.06. The molecule has 2 unspecified atom stereocenters. The van der Waals surface area contributed by atoms with Crippen molar-refractivity contribution in [2.45, 2.75) is 25.2 Å². The van der Waals surface area contributed by atoms with E-state index in [2.05, 4.69) is 0 Å². The number of hydrogen-bond acceptors (Lipinski definition) is 4. The molecule has 1 heterocycles. The van der Waals surface area contributed by atoms with Crippen molar-refractivity contribution in [2.75, 3.05) is 13.1 Å². The summed E-state index contributed by atoms with van der Waals surface area (Å²) in [5, 5.41) is 10.6. The predicted molar refractivity (Wildman–Crippen MR) is 74.8 cm³/mol. The first-order valence-electron chi connectivity index (χ1n) is 6.55. The number of hydrogen-bond donors (Lipinski definition) is 0. The van der Waals surface area contributed by atoms with Gasteiger partial charge in [0.15, 0.2) is 0 Å². The topological polar surface area (TPSA) is 80.5 Å². The van der Waals surface area contributed by atoms with E-state index in [0.29, 0.717) is 24.9 Å². The number of non-ortho nitro benzene ring substituents is 1. The maximum atomic E-state index is 12.5. The Balaban J connectivity index is 2.27. The molecule has 2 atom stereocenters. The molecular formula is C13H18N2O4S. The Bertz CT molecular complexity index is 587. The molecule has 0 radical (unpaired) electrons. The SMILES string of the molecule is CC1CC(C)CN(S(=O)(=O)c2ccc([N+](=O)[O-])cc2)C1. The second-order valence-electron chi connectivity index (χ2n) is 5.52. The lowest BCUT2D eigenvalue weighted by atomic mass is 9.94. The highest BCUT2D eigenvalue weighted by molar-refractivity contribution is 7.89. The summed E-state index contributed by atoms with van der Waals surface area (Å²) < 4.78 is 26.5. The molecule has 0 N–H and O–H groups in total. The molecule has 1 aliphatic heterocycles. The van der Waals surface area contributed by atoms with Gasteiger partial charge in [-0.2, -0.15) is 4.31 Å². The minimum Gasteiger partial charge on any atom is -0.258 e. The zero-order chi connectivity index (χ0) is 14.9. The molecule has 1 saturated heterocycles. The van der Waals surface area contributed by atoms with E-state index in [1.54, 1.807) is 0 Å². The lowest BCUT2D eigenvalue weighted by Crippen LogP contribution is -2.42. The van der Waals surface area contributed by atoms with Gasteiger partial charge in [-0.25, -0.2) is 8.42 Å². The van der Waals surface area contributed by atoms with E-state index in [1.165, 1.54) is 28.6 Å². The number of sulfonamides is 1. The molecule has 1 fully saturated rings. The summed E-state index contributed by atoms with van der Waals surface area (Å²) in [5.74, 6) is 0.651. The smallest absolute Gasteiger partial charge is 0.258 e. The molecule has 0 aromatic heterocycles. The maximum absolute atomic E-state index is 12.5. The van der Waals surface area contributed by atoms with Gasteiger partial charge in [-0.3, -0.25) is 10.1 Å². The number of piperidine rings is 1. The minimum atomic E-state index is -3.56. The fourth-order valence-corrected chi connectivity index (χ4v) is 4.37. The average Bonchev–Trinajstić information content (AvgIpc) is 2.37. The molecule has 1 aromatic rings. The lowest BCUT2D eigenvalue weighted by Gasteiger charge is -2.34. The van der Waals surface area contributed by atoms with Crippen molar-refractivity contribution in [3.8, 4) is 0 Å². The highest BCUT2D eigenvalue weighted by atomic mass is 32.2.